The molecule has 0 radical (unpaired) electrons. The number of carbonyl (C=O) groups excluding carboxylic acids is 2. The number of likely N-dealkylation sites (tertiary alicyclic amines) is 1. The van der Waals surface area contributed by atoms with Crippen LogP contribution < -0.4 is 5.73 Å². The van der Waals surface area contributed by atoms with E-state index in [0.29, 0.717) is 17.1 Å². The molecule has 0 spiro atoms. The standard InChI is InChI=1S/C15H19ClN2O2.ClH/c16-12-5-3-11(4-6-12)14(19)7-8-15(20)18-9-1-2-13(18)10-17;/h3-6,13H,1-2,7-10,17H2;1H. The van der Waals surface area contributed by atoms with Gasteiger partial charge in [0, 0.05) is 42.6 Å². The molecule has 0 aliphatic carbocycles. The average molecular weight is 331 g/mol. The van der Waals surface area contributed by atoms with Crippen LogP contribution in [0, 0.1) is 0 Å². The van der Waals surface area contributed by atoms with Gasteiger partial charge >= 0.3 is 0 Å². The summed E-state index contributed by atoms with van der Waals surface area (Å²) in [5.41, 5.74) is 6.25. The minimum atomic E-state index is -0.0292. The van der Waals surface area contributed by atoms with Crippen LogP contribution in [0.3, 0.4) is 0 Å². The Kier molecular flexibility index (Phi) is 7.15. The molecule has 1 atom stereocenters. The molecule has 1 unspecified atom stereocenters. The molecule has 0 saturated carbocycles. The first kappa shape index (κ1) is 18.0. The average Bonchev–Trinajstić information content (AvgIpc) is 2.93. The normalized spacial score (nSPS) is 17.4. The molecule has 116 valence electrons. The van der Waals surface area contributed by atoms with Gasteiger partial charge in [-0.15, -0.1) is 12.4 Å². The molecule has 4 nitrogen and oxygen atoms in total. The van der Waals surface area contributed by atoms with Crippen molar-refractivity contribution in [1.82, 2.24) is 4.90 Å². The quantitative estimate of drug-likeness (QED) is 0.844. The maximum atomic E-state index is 12.1. The third-order valence-corrected chi connectivity index (χ3v) is 3.95. The summed E-state index contributed by atoms with van der Waals surface area (Å²) in [6.07, 6.45) is 2.44. The summed E-state index contributed by atoms with van der Waals surface area (Å²) < 4.78 is 0. The van der Waals surface area contributed by atoms with Crippen LogP contribution >= 0.6 is 24.0 Å². The van der Waals surface area contributed by atoms with Gasteiger partial charge in [-0.3, -0.25) is 9.59 Å². The Bertz CT molecular complexity index is 491. The van der Waals surface area contributed by atoms with E-state index in [1.807, 2.05) is 4.90 Å². The molecule has 6 heteroatoms. The van der Waals surface area contributed by atoms with E-state index in [2.05, 4.69) is 0 Å². The SMILES string of the molecule is Cl.NCC1CCCN1C(=O)CCC(=O)c1ccc(Cl)cc1. The molecule has 1 fully saturated rings. The number of ketones is 1. The third-order valence-electron chi connectivity index (χ3n) is 3.70. The van der Waals surface area contributed by atoms with Crippen LogP contribution in [-0.2, 0) is 4.79 Å². The smallest absolute Gasteiger partial charge is 0.223 e. The van der Waals surface area contributed by atoms with E-state index in [9.17, 15) is 9.59 Å². The molecular weight excluding hydrogens is 311 g/mol. The van der Waals surface area contributed by atoms with E-state index >= 15 is 0 Å². The van der Waals surface area contributed by atoms with Gasteiger partial charge < -0.3 is 10.6 Å². The summed E-state index contributed by atoms with van der Waals surface area (Å²) in [5.74, 6) is -0.00113. The van der Waals surface area contributed by atoms with Crippen LogP contribution in [0.2, 0.25) is 5.02 Å². The number of benzene rings is 1. The number of rotatable bonds is 5. The van der Waals surface area contributed by atoms with Gasteiger partial charge in [0.15, 0.2) is 5.78 Å². The molecule has 1 aromatic carbocycles. The zero-order chi connectivity index (χ0) is 14.5. The lowest BCUT2D eigenvalue weighted by Crippen LogP contribution is -2.39. The van der Waals surface area contributed by atoms with Crippen molar-refractivity contribution in [1.29, 1.82) is 0 Å². The summed E-state index contributed by atoms with van der Waals surface area (Å²) in [6, 6.07) is 6.89. The maximum absolute atomic E-state index is 12.1. The van der Waals surface area contributed by atoms with Crippen molar-refractivity contribution in [2.75, 3.05) is 13.1 Å². The summed E-state index contributed by atoms with van der Waals surface area (Å²) in [6.45, 7) is 1.26. The first-order valence-electron chi connectivity index (χ1n) is 6.90. The summed E-state index contributed by atoms with van der Waals surface area (Å²) in [5, 5.41) is 0.598. The molecule has 0 bridgehead atoms. The number of nitrogens with zero attached hydrogens (tertiary/aromatic N) is 1. The molecule has 1 heterocycles. The number of halogens is 2. The second-order valence-corrected chi connectivity index (χ2v) is 5.49. The maximum Gasteiger partial charge on any atom is 0.223 e. The van der Waals surface area contributed by atoms with Crippen molar-refractivity contribution < 1.29 is 9.59 Å². The zero-order valence-electron chi connectivity index (χ0n) is 11.8. The predicted octanol–water partition coefficient (Wildman–Crippen LogP) is 2.67. The second kappa shape index (κ2) is 8.37. The molecule has 1 saturated heterocycles. The first-order chi connectivity index (χ1) is 9.61. The highest BCUT2D eigenvalue weighted by atomic mass is 35.5. The van der Waals surface area contributed by atoms with Crippen molar-refractivity contribution >= 4 is 35.7 Å². The lowest BCUT2D eigenvalue weighted by molar-refractivity contribution is -0.131. The molecule has 1 aliphatic heterocycles. The monoisotopic (exact) mass is 330 g/mol. The van der Waals surface area contributed by atoms with Crippen molar-refractivity contribution in [3.05, 3.63) is 34.9 Å². The Morgan fingerprint density at radius 2 is 1.90 bits per heavy atom. The van der Waals surface area contributed by atoms with Crippen LogP contribution in [0.1, 0.15) is 36.0 Å². The minimum Gasteiger partial charge on any atom is -0.338 e. The highest BCUT2D eigenvalue weighted by molar-refractivity contribution is 6.30. The van der Waals surface area contributed by atoms with Gasteiger partial charge in [-0.25, -0.2) is 0 Å². The number of Topliss-reactive ketones (excluding diaryl/α,β-unsaturated/α-hetero) is 1. The lowest BCUT2D eigenvalue weighted by Gasteiger charge is -2.23. The van der Waals surface area contributed by atoms with Gasteiger partial charge in [-0.1, -0.05) is 11.6 Å². The number of amides is 1. The molecule has 0 aromatic heterocycles. The summed E-state index contributed by atoms with van der Waals surface area (Å²) in [4.78, 5) is 25.9. The summed E-state index contributed by atoms with van der Waals surface area (Å²) in [7, 11) is 0. The van der Waals surface area contributed by atoms with Gasteiger partial charge in [0.05, 0.1) is 0 Å². The van der Waals surface area contributed by atoms with E-state index in [4.69, 9.17) is 17.3 Å². The second-order valence-electron chi connectivity index (χ2n) is 5.05. The van der Waals surface area contributed by atoms with Crippen molar-refractivity contribution in [3.63, 3.8) is 0 Å². The zero-order valence-corrected chi connectivity index (χ0v) is 13.3. The van der Waals surface area contributed by atoms with Crippen LogP contribution in [0.25, 0.3) is 0 Å². The van der Waals surface area contributed by atoms with Crippen LogP contribution in [0.5, 0.6) is 0 Å². The van der Waals surface area contributed by atoms with E-state index < -0.39 is 0 Å². The van der Waals surface area contributed by atoms with E-state index in [1.54, 1.807) is 24.3 Å². The fraction of sp³-hybridized carbons (Fsp3) is 0.467. The predicted molar refractivity (Wildman–Crippen MR) is 86.1 cm³/mol. The van der Waals surface area contributed by atoms with E-state index in [-0.39, 0.29) is 43.0 Å². The first-order valence-corrected chi connectivity index (χ1v) is 7.28. The Hall–Kier alpha value is -1.10. The fourth-order valence-electron chi connectivity index (χ4n) is 2.55. The molecule has 1 amide bonds. The molecular formula is C15H20Cl2N2O2. The van der Waals surface area contributed by atoms with E-state index in [0.717, 1.165) is 19.4 Å². The van der Waals surface area contributed by atoms with Gasteiger partial charge in [0.2, 0.25) is 5.91 Å². The van der Waals surface area contributed by atoms with E-state index in [1.165, 1.54) is 0 Å². The topological polar surface area (TPSA) is 63.4 Å². The largest absolute Gasteiger partial charge is 0.338 e. The van der Waals surface area contributed by atoms with Crippen molar-refractivity contribution in [3.8, 4) is 0 Å². The van der Waals surface area contributed by atoms with Crippen molar-refractivity contribution in [2.24, 2.45) is 5.73 Å². The number of hydrogen-bond donors (Lipinski definition) is 1. The number of carbonyl (C=O) groups is 2. The highest BCUT2D eigenvalue weighted by Gasteiger charge is 2.27. The van der Waals surface area contributed by atoms with Gasteiger partial charge in [-0.2, -0.15) is 0 Å². The fourth-order valence-corrected chi connectivity index (χ4v) is 2.68. The lowest BCUT2D eigenvalue weighted by atomic mass is 10.1. The van der Waals surface area contributed by atoms with Gasteiger partial charge in [-0.05, 0) is 37.1 Å². The Morgan fingerprint density at radius 3 is 2.52 bits per heavy atom. The molecule has 1 aliphatic rings. The third kappa shape index (κ3) is 4.70. The molecule has 2 N–H and O–H groups in total. The molecule has 21 heavy (non-hydrogen) atoms. The van der Waals surface area contributed by atoms with Crippen LogP contribution in [0.4, 0.5) is 0 Å². The summed E-state index contributed by atoms with van der Waals surface area (Å²) >= 11 is 5.78. The molecule has 1 aromatic rings. The number of hydrogen-bond acceptors (Lipinski definition) is 3. The van der Waals surface area contributed by atoms with Gasteiger partial charge in [0.1, 0.15) is 0 Å². The highest BCUT2D eigenvalue weighted by Crippen LogP contribution is 2.18. The number of nitrogens with two attached hydrogens (primary N) is 1. The van der Waals surface area contributed by atoms with Gasteiger partial charge in [0.25, 0.3) is 0 Å². The Labute approximate surface area is 136 Å². The molecule has 2 rings (SSSR count). The Morgan fingerprint density at radius 1 is 1.24 bits per heavy atom. The van der Waals surface area contributed by atoms with Crippen LogP contribution in [0.15, 0.2) is 24.3 Å². The Balaban J connectivity index is 0.00000220. The van der Waals surface area contributed by atoms with Crippen LogP contribution in [-0.4, -0.2) is 35.7 Å². The minimum absolute atomic E-state index is 0. The van der Waals surface area contributed by atoms with Crippen molar-refractivity contribution in [2.45, 2.75) is 31.7 Å².